The highest BCUT2D eigenvalue weighted by atomic mass is 35.5. The molecule has 0 radical (unpaired) electrons. The van der Waals surface area contributed by atoms with E-state index in [0.29, 0.717) is 5.02 Å². The molecule has 0 aliphatic heterocycles. The lowest BCUT2D eigenvalue weighted by Gasteiger charge is -2.05. The summed E-state index contributed by atoms with van der Waals surface area (Å²) in [6, 6.07) is 14.7. The normalized spacial score (nSPS) is 10.6. The van der Waals surface area contributed by atoms with Gasteiger partial charge in [-0.15, -0.1) is 0 Å². The van der Waals surface area contributed by atoms with E-state index in [-0.39, 0.29) is 24.7 Å². The van der Waals surface area contributed by atoms with Gasteiger partial charge in [0.05, 0.1) is 6.21 Å². The Hall–Kier alpha value is -2.66. The molecule has 5 nitrogen and oxygen atoms in total. The molecule has 0 aromatic heterocycles. The van der Waals surface area contributed by atoms with Crippen LogP contribution >= 0.6 is 11.6 Å². The minimum atomic E-state index is -0.324. The van der Waals surface area contributed by atoms with Crippen molar-refractivity contribution in [1.82, 2.24) is 5.43 Å². The van der Waals surface area contributed by atoms with Gasteiger partial charge in [0.1, 0.15) is 0 Å². The standard InChI is InChI=1S/C19H20ClN3O2/c1-2-14-6-8-17(9-7-14)22-18(24)10-11-19(25)23-21-13-15-4-3-5-16(20)12-15/h3-9,12-13H,2,10-11H2,1H3,(H,22,24)(H,23,25)/b21-13+. The maximum Gasteiger partial charge on any atom is 0.240 e. The first-order valence-electron chi connectivity index (χ1n) is 8.03. The number of halogens is 1. The summed E-state index contributed by atoms with van der Waals surface area (Å²) >= 11 is 5.86. The number of hydrazone groups is 1. The zero-order valence-electron chi connectivity index (χ0n) is 14.0. The van der Waals surface area contributed by atoms with Gasteiger partial charge in [0.15, 0.2) is 0 Å². The third kappa shape index (κ3) is 6.77. The second-order valence-corrected chi connectivity index (χ2v) is 5.88. The highest BCUT2D eigenvalue weighted by Gasteiger charge is 2.06. The Balaban J connectivity index is 1.72. The highest BCUT2D eigenvalue weighted by molar-refractivity contribution is 6.30. The van der Waals surface area contributed by atoms with Crippen molar-refractivity contribution >= 4 is 35.3 Å². The molecule has 2 aromatic carbocycles. The van der Waals surface area contributed by atoms with Crippen LogP contribution in [-0.2, 0) is 16.0 Å². The molecule has 0 unspecified atom stereocenters. The Bertz CT molecular complexity index is 758. The van der Waals surface area contributed by atoms with Gasteiger partial charge in [-0.3, -0.25) is 9.59 Å². The number of hydrogen-bond donors (Lipinski definition) is 2. The molecular formula is C19H20ClN3O2. The van der Waals surface area contributed by atoms with Gasteiger partial charge < -0.3 is 5.32 Å². The number of rotatable bonds is 7. The predicted octanol–water partition coefficient (Wildman–Crippen LogP) is 3.77. The van der Waals surface area contributed by atoms with Crippen molar-refractivity contribution in [2.75, 3.05) is 5.32 Å². The van der Waals surface area contributed by atoms with Crippen molar-refractivity contribution in [2.24, 2.45) is 5.10 Å². The van der Waals surface area contributed by atoms with E-state index < -0.39 is 0 Å². The summed E-state index contributed by atoms with van der Waals surface area (Å²) in [5, 5.41) is 7.21. The van der Waals surface area contributed by atoms with Gasteiger partial charge in [-0.05, 0) is 41.8 Å². The van der Waals surface area contributed by atoms with E-state index in [1.54, 1.807) is 18.2 Å². The smallest absolute Gasteiger partial charge is 0.240 e. The predicted molar refractivity (Wildman–Crippen MR) is 101 cm³/mol. The Kier molecular flexibility index (Phi) is 7.16. The third-order valence-electron chi connectivity index (χ3n) is 3.48. The minimum Gasteiger partial charge on any atom is -0.326 e. The number of benzene rings is 2. The van der Waals surface area contributed by atoms with E-state index in [1.165, 1.54) is 11.8 Å². The maximum absolute atomic E-state index is 11.9. The topological polar surface area (TPSA) is 70.6 Å². The number of nitrogens with zero attached hydrogens (tertiary/aromatic N) is 1. The summed E-state index contributed by atoms with van der Waals surface area (Å²) in [5.41, 5.74) is 5.10. The molecule has 6 heteroatoms. The van der Waals surface area contributed by atoms with Crippen LogP contribution in [0.25, 0.3) is 0 Å². The van der Waals surface area contributed by atoms with Crippen LogP contribution in [0.1, 0.15) is 30.9 Å². The molecule has 25 heavy (non-hydrogen) atoms. The molecule has 0 fully saturated rings. The van der Waals surface area contributed by atoms with Crippen molar-refractivity contribution in [2.45, 2.75) is 26.2 Å². The number of anilines is 1. The van der Waals surface area contributed by atoms with Crippen LogP contribution in [-0.4, -0.2) is 18.0 Å². The van der Waals surface area contributed by atoms with E-state index in [1.807, 2.05) is 30.3 Å². The van der Waals surface area contributed by atoms with Gasteiger partial charge in [-0.2, -0.15) is 5.10 Å². The molecule has 0 aliphatic carbocycles. The van der Waals surface area contributed by atoms with E-state index >= 15 is 0 Å². The van der Waals surface area contributed by atoms with Gasteiger partial charge in [-0.25, -0.2) is 5.43 Å². The lowest BCUT2D eigenvalue weighted by molar-refractivity contribution is -0.124. The average molecular weight is 358 g/mol. The van der Waals surface area contributed by atoms with Crippen molar-refractivity contribution in [3.63, 3.8) is 0 Å². The van der Waals surface area contributed by atoms with E-state index in [0.717, 1.165) is 17.7 Å². The lowest BCUT2D eigenvalue weighted by Crippen LogP contribution is -2.20. The van der Waals surface area contributed by atoms with Crippen molar-refractivity contribution in [1.29, 1.82) is 0 Å². The number of amides is 2. The van der Waals surface area contributed by atoms with Crippen LogP contribution in [0.3, 0.4) is 0 Å². The zero-order chi connectivity index (χ0) is 18.1. The Morgan fingerprint density at radius 2 is 1.80 bits per heavy atom. The number of carbonyl (C=O) groups excluding carboxylic acids is 2. The summed E-state index contributed by atoms with van der Waals surface area (Å²) in [6.07, 6.45) is 2.60. The average Bonchev–Trinajstić information content (AvgIpc) is 2.61. The summed E-state index contributed by atoms with van der Waals surface area (Å²) in [6.45, 7) is 2.07. The van der Waals surface area contributed by atoms with Gasteiger partial charge in [0.2, 0.25) is 11.8 Å². The summed E-state index contributed by atoms with van der Waals surface area (Å²) in [5.74, 6) is -0.534. The first-order valence-corrected chi connectivity index (χ1v) is 8.41. The number of carbonyl (C=O) groups is 2. The number of hydrogen-bond acceptors (Lipinski definition) is 3. The molecule has 0 heterocycles. The number of nitrogens with one attached hydrogen (secondary N) is 2. The van der Waals surface area contributed by atoms with Crippen LogP contribution in [0.4, 0.5) is 5.69 Å². The zero-order valence-corrected chi connectivity index (χ0v) is 14.7. The monoisotopic (exact) mass is 357 g/mol. The molecule has 0 atom stereocenters. The lowest BCUT2D eigenvalue weighted by atomic mass is 10.1. The van der Waals surface area contributed by atoms with Crippen molar-refractivity contribution in [3.05, 3.63) is 64.7 Å². The van der Waals surface area contributed by atoms with Gasteiger partial charge in [-0.1, -0.05) is 42.8 Å². The molecule has 2 amide bonds. The summed E-state index contributed by atoms with van der Waals surface area (Å²) in [7, 11) is 0. The molecule has 0 saturated heterocycles. The fourth-order valence-corrected chi connectivity index (χ4v) is 2.29. The third-order valence-corrected chi connectivity index (χ3v) is 3.71. The Morgan fingerprint density at radius 3 is 2.48 bits per heavy atom. The summed E-state index contributed by atoms with van der Waals surface area (Å²) in [4.78, 5) is 23.6. The van der Waals surface area contributed by atoms with E-state index in [4.69, 9.17) is 11.6 Å². The molecule has 0 spiro atoms. The SMILES string of the molecule is CCc1ccc(NC(=O)CCC(=O)N/N=C/c2cccc(Cl)c2)cc1. The molecule has 130 valence electrons. The maximum atomic E-state index is 11.9. The quantitative estimate of drug-likeness (QED) is 0.585. The molecule has 0 bridgehead atoms. The minimum absolute atomic E-state index is 0.0613. The van der Waals surface area contributed by atoms with E-state index in [2.05, 4.69) is 22.8 Å². The molecule has 0 aliphatic rings. The second-order valence-electron chi connectivity index (χ2n) is 5.45. The second kappa shape index (κ2) is 9.59. The largest absolute Gasteiger partial charge is 0.326 e. The molecule has 2 N–H and O–H groups in total. The Morgan fingerprint density at radius 1 is 1.08 bits per heavy atom. The van der Waals surface area contributed by atoms with Crippen LogP contribution in [0.15, 0.2) is 53.6 Å². The number of aryl methyl sites for hydroxylation is 1. The molecular weight excluding hydrogens is 338 g/mol. The summed E-state index contributed by atoms with van der Waals surface area (Å²) < 4.78 is 0. The van der Waals surface area contributed by atoms with Crippen molar-refractivity contribution in [3.8, 4) is 0 Å². The fourth-order valence-electron chi connectivity index (χ4n) is 2.10. The first kappa shape index (κ1) is 18.7. The highest BCUT2D eigenvalue weighted by Crippen LogP contribution is 2.11. The molecule has 2 aromatic rings. The van der Waals surface area contributed by atoms with Gasteiger partial charge in [0, 0.05) is 23.6 Å². The van der Waals surface area contributed by atoms with Crippen molar-refractivity contribution < 1.29 is 9.59 Å². The van der Waals surface area contributed by atoms with Gasteiger partial charge >= 0.3 is 0 Å². The van der Waals surface area contributed by atoms with Crippen LogP contribution in [0.2, 0.25) is 5.02 Å². The molecule has 0 saturated carbocycles. The van der Waals surface area contributed by atoms with Gasteiger partial charge in [0.25, 0.3) is 0 Å². The Labute approximate surface area is 152 Å². The fraction of sp³-hybridized carbons (Fsp3) is 0.211. The van der Waals surface area contributed by atoms with Crippen LogP contribution in [0, 0.1) is 0 Å². The molecule has 2 rings (SSSR count). The first-order chi connectivity index (χ1) is 12.1. The van der Waals surface area contributed by atoms with Crippen LogP contribution in [0.5, 0.6) is 0 Å². The van der Waals surface area contributed by atoms with E-state index in [9.17, 15) is 9.59 Å². The van der Waals surface area contributed by atoms with Crippen LogP contribution < -0.4 is 10.7 Å².